The molecule has 162 valence electrons. The summed E-state index contributed by atoms with van der Waals surface area (Å²) in [4.78, 5) is 39.3. The van der Waals surface area contributed by atoms with Crippen LogP contribution in [-0.2, 0) is 19.4 Å². The fraction of sp³-hybridized carbons (Fsp3) is 0.348. The molecule has 1 amide bonds. The minimum Gasteiger partial charge on any atom is -0.452 e. The largest absolute Gasteiger partial charge is 0.452 e. The van der Waals surface area contributed by atoms with E-state index in [0.717, 1.165) is 25.3 Å². The van der Waals surface area contributed by atoms with Crippen LogP contribution in [0.2, 0.25) is 0 Å². The summed E-state index contributed by atoms with van der Waals surface area (Å²) >= 11 is 0. The summed E-state index contributed by atoms with van der Waals surface area (Å²) in [5, 5.41) is 0. The van der Waals surface area contributed by atoms with Crippen molar-refractivity contribution in [1.82, 2.24) is 4.90 Å². The van der Waals surface area contributed by atoms with Gasteiger partial charge in [-0.05, 0) is 63.4 Å². The molecule has 0 aromatic heterocycles. The standard InChI is InChI=1S/C23H23NO6S/c1-14-6-5-7-15(2)24(14)21(25)13-30-23(27)16-10-11-18-20(12-16)31(28,29)19-9-4-3-8-17(19)22(18)26/h3-4,8-12,14-15H,5-7,13H2,1-2H3. The highest BCUT2D eigenvalue weighted by Crippen LogP contribution is 2.34. The van der Waals surface area contributed by atoms with Crippen LogP contribution >= 0.6 is 0 Å². The van der Waals surface area contributed by atoms with Gasteiger partial charge in [-0.25, -0.2) is 13.2 Å². The molecule has 2 aromatic carbocycles. The lowest BCUT2D eigenvalue weighted by atomic mass is 9.97. The Morgan fingerprint density at radius 2 is 1.65 bits per heavy atom. The molecule has 31 heavy (non-hydrogen) atoms. The van der Waals surface area contributed by atoms with Crippen molar-refractivity contribution in [3.63, 3.8) is 0 Å². The Morgan fingerprint density at radius 3 is 2.35 bits per heavy atom. The molecule has 2 aliphatic rings. The summed E-state index contributed by atoms with van der Waals surface area (Å²) in [6, 6.07) is 9.95. The molecule has 1 saturated heterocycles. The molecule has 0 radical (unpaired) electrons. The second-order valence-electron chi connectivity index (χ2n) is 8.05. The fourth-order valence-corrected chi connectivity index (χ4v) is 6.09. The first-order valence-electron chi connectivity index (χ1n) is 10.2. The average molecular weight is 442 g/mol. The summed E-state index contributed by atoms with van der Waals surface area (Å²) in [5.74, 6) is -1.50. The number of hydrogen-bond acceptors (Lipinski definition) is 6. The first kappa shape index (κ1) is 21.2. The molecule has 2 unspecified atom stereocenters. The van der Waals surface area contributed by atoms with E-state index in [-0.39, 0.29) is 44.5 Å². The SMILES string of the molecule is CC1CCCC(C)N1C(=O)COC(=O)c1ccc2c(c1)S(=O)(=O)c1ccccc1C2=O. The Morgan fingerprint density at radius 1 is 1.00 bits per heavy atom. The van der Waals surface area contributed by atoms with Crippen LogP contribution in [0.1, 0.15) is 59.4 Å². The van der Waals surface area contributed by atoms with Gasteiger partial charge in [-0.15, -0.1) is 0 Å². The second kappa shape index (κ2) is 7.92. The molecule has 2 aromatic rings. The molecule has 2 aliphatic heterocycles. The molecule has 0 N–H and O–H groups in total. The number of nitrogens with zero attached hydrogens (tertiary/aromatic N) is 1. The fourth-order valence-electron chi connectivity index (χ4n) is 4.41. The highest BCUT2D eigenvalue weighted by Gasteiger charge is 2.35. The Bertz CT molecular complexity index is 1180. The smallest absolute Gasteiger partial charge is 0.338 e. The van der Waals surface area contributed by atoms with Crippen LogP contribution in [0.3, 0.4) is 0 Å². The highest BCUT2D eigenvalue weighted by molar-refractivity contribution is 7.91. The van der Waals surface area contributed by atoms with Crippen LogP contribution in [0.15, 0.2) is 52.3 Å². The van der Waals surface area contributed by atoms with Gasteiger partial charge in [-0.1, -0.05) is 12.1 Å². The molecule has 8 heteroatoms. The van der Waals surface area contributed by atoms with Gasteiger partial charge >= 0.3 is 5.97 Å². The van der Waals surface area contributed by atoms with E-state index >= 15 is 0 Å². The Labute approximate surface area is 180 Å². The minimum absolute atomic E-state index is 0.0160. The van der Waals surface area contributed by atoms with E-state index in [1.807, 2.05) is 13.8 Å². The number of carbonyl (C=O) groups is 3. The third-order valence-electron chi connectivity index (χ3n) is 5.98. The van der Waals surface area contributed by atoms with Crippen molar-refractivity contribution >= 4 is 27.5 Å². The van der Waals surface area contributed by atoms with Crippen molar-refractivity contribution in [3.8, 4) is 0 Å². The lowest BCUT2D eigenvalue weighted by molar-refractivity contribution is -0.140. The van der Waals surface area contributed by atoms with Gasteiger partial charge in [0.2, 0.25) is 9.84 Å². The highest BCUT2D eigenvalue weighted by atomic mass is 32.2. The molecule has 0 bridgehead atoms. The number of ether oxygens (including phenoxy) is 1. The summed E-state index contributed by atoms with van der Waals surface area (Å²) < 4.78 is 31.2. The Balaban J connectivity index is 1.55. The van der Waals surface area contributed by atoms with Gasteiger partial charge in [-0.3, -0.25) is 9.59 Å². The number of sulfone groups is 1. The average Bonchev–Trinajstić information content (AvgIpc) is 2.75. The number of esters is 1. The maximum Gasteiger partial charge on any atom is 0.338 e. The van der Waals surface area contributed by atoms with Gasteiger partial charge in [0, 0.05) is 23.2 Å². The number of hydrogen-bond donors (Lipinski definition) is 0. The Kier molecular flexibility index (Phi) is 5.43. The molecule has 7 nitrogen and oxygen atoms in total. The predicted octanol–water partition coefficient (Wildman–Crippen LogP) is 3.01. The molecule has 0 spiro atoms. The van der Waals surface area contributed by atoms with Gasteiger partial charge < -0.3 is 9.64 Å². The summed E-state index contributed by atoms with van der Waals surface area (Å²) in [5.41, 5.74) is 0.102. The molecule has 1 fully saturated rings. The number of fused-ring (bicyclic) bond motifs is 2. The van der Waals surface area contributed by atoms with E-state index in [2.05, 4.69) is 0 Å². The lowest BCUT2D eigenvalue weighted by Crippen LogP contribution is -2.49. The third kappa shape index (κ3) is 3.65. The summed E-state index contributed by atoms with van der Waals surface area (Å²) in [6.07, 6.45) is 2.86. The number of likely N-dealkylation sites (tertiary alicyclic amines) is 1. The van der Waals surface area contributed by atoms with Gasteiger partial charge in [0.05, 0.1) is 15.4 Å². The van der Waals surface area contributed by atoms with Crippen LogP contribution in [0.25, 0.3) is 0 Å². The number of ketones is 1. The number of carbonyl (C=O) groups excluding carboxylic acids is 3. The van der Waals surface area contributed by atoms with E-state index in [1.54, 1.807) is 17.0 Å². The van der Waals surface area contributed by atoms with E-state index in [4.69, 9.17) is 4.74 Å². The van der Waals surface area contributed by atoms with Crippen molar-refractivity contribution in [2.75, 3.05) is 6.61 Å². The van der Waals surface area contributed by atoms with Crippen LogP contribution in [-0.4, -0.2) is 49.7 Å². The molecular weight excluding hydrogens is 418 g/mol. The van der Waals surface area contributed by atoms with Gasteiger partial charge in [0.15, 0.2) is 12.4 Å². The zero-order chi connectivity index (χ0) is 22.3. The molecule has 0 aliphatic carbocycles. The quantitative estimate of drug-likeness (QED) is 0.580. The lowest BCUT2D eigenvalue weighted by Gasteiger charge is -2.38. The zero-order valence-electron chi connectivity index (χ0n) is 17.3. The van der Waals surface area contributed by atoms with Gasteiger partial charge in [0.1, 0.15) is 0 Å². The molecule has 4 rings (SSSR count). The zero-order valence-corrected chi connectivity index (χ0v) is 18.1. The topological polar surface area (TPSA) is 97.8 Å². The maximum absolute atomic E-state index is 13.0. The predicted molar refractivity (Wildman–Crippen MR) is 112 cm³/mol. The van der Waals surface area contributed by atoms with Crippen LogP contribution in [0.5, 0.6) is 0 Å². The van der Waals surface area contributed by atoms with Crippen LogP contribution < -0.4 is 0 Å². The van der Waals surface area contributed by atoms with E-state index in [0.29, 0.717) is 0 Å². The first-order chi connectivity index (χ1) is 14.7. The number of benzene rings is 2. The third-order valence-corrected chi connectivity index (χ3v) is 7.83. The summed E-state index contributed by atoms with van der Waals surface area (Å²) in [6.45, 7) is 3.52. The first-order valence-corrected chi connectivity index (χ1v) is 11.7. The van der Waals surface area contributed by atoms with Crippen LogP contribution in [0, 0.1) is 0 Å². The van der Waals surface area contributed by atoms with Gasteiger partial charge in [0.25, 0.3) is 5.91 Å². The van der Waals surface area contributed by atoms with Crippen molar-refractivity contribution < 1.29 is 27.5 Å². The van der Waals surface area contributed by atoms with Gasteiger partial charge in [-0.2, -0.15) is 0 Å². The maximum atomic E-state index is 13.0. The second-order valence-corrected chi connectivity index (χ2v) is 9.93. The molecule has 0 saturated carbocycles. The minimum atomic E-state index is -3.96. The van der Waals surface area contributed by atoms with Crippen molar-refractivity contribution in [3.05, 3.63) is 59.2 Å². The van der Waals surface area contributed by atoms with E-state index < -0.39 is 28.2 Å². The van der Waals surface area contributed by atoms with Crippen molar-refractivity contribution in [2.45, 2.75) is 55.0 Å². The van der Waals surface area contributed by atoms with E-state index in [9.17, 15) is 22.8 Å². The number of amides is 1. The Hall–Kier alpha value is -3.00. The number of rotatable bonds is 3. The number of piperidine rings is 1. The normalized spacial score (nSPS) is 21.7. The van der Waals surface area contributed by atoms with Crippen LogP contribution in [0.4, 0.5) is 0 Å². The molecular formula is C23H23NO6S. The monoisotopic (exact) mass is 441 g/mol. The molecule has 2 atom stereocenters. The van der Waals surface area contributed by atoms with Crippen molar-refractivity contribution in [2.24, 2.45) is 0 Å². The molecule has 2 heterocycles. The van der Waals surface area contributed by atoms with E-state index in [1.165, 1.54) is 24.3 Å². The van der Waals surface area contributed by atoms with Crippen molar-refractivity contribution in [1.29, 1.82) is 0 Å². The summed E-state index contributed by atoms with van der Waals surface area (Å²) in [7, 11) is -3.96.